The molecule has 1 aliphatic heterocycles. The van der Waals surface area contributed by atoms with Crippen molar-refractivity contribution in [2.24, 2.45) is 0 Å². The third kappa shape index (κ3) is 2.77. The first-order chi connectivity index (χ1) is 11.3. The Balaban J connectivity index is 1.42. The van der Waals surface area contributed by atoms with E-state index in [-0.39, 0.29) is 5.91 Å². The smallest absolute Gasteiger partial charge is 0.222 e. The molecule has 0 fully saturated rings. The fourth-order valence-electron chi connectivity index (χ4n) is 3.47. The number of nitrogens with one attached hydrogen (secondary N) is 1. The zero-order valence-corrected chi connectivity index (χ0v) is 13.2. The van der Waals surface area contributed by atoms with Crippen LogP contribution in [0.3, 0.4) is 0 Å². The second-order valence-electron chi connectivity index (χ2n) is 6.22. The van der Waals surface area contributed by atoms with E-state index in [2.05, 4.69) is 33.8 Å². The lowest BCUT2D eigenvalue weighted by Gasteiger charge is -2.27. The van der Waals surface area contributed by atoms with Gasteiger partial charge in [0.1, 0.15) is 0 Å². The molecule has 1 amide bonds. The Hall–Kier alpha value is -2.49. The maximum absolute atomic E-state index is 12.5. The molecule has 4 heteroatoms. The Kier molecular flexibility index (Phi) is 3.66. The van der Waals surface area contributed by atoms with Crippen LogP contribution in [0.4, 0.5) is 0 Å². The van der Waals surface area contributed by atoms with Crippen LogP contribution in [0.1, 0.15) is 24.1 Å². The predicted molar refractivity (Wildman–Crippen MR) is 91.1 cm³/mol. The topological polar surface area (TPSA) is 41.0 Å². The molecule has 118 valence electrons. The molecular formula is C19H21N3O. The molecule has 4 nitrogen and oxygen atoms in total. The predicted octanol–water partition coefficient (Wildman–Crippen LogP) is 3.33. The molecule has 23 heavy (non-hydrogen) atoms. The molecule has 0 atom stereocenters. The Morgan fingerprint density at radius 1 is 1.13 bits per heavy atom. The van der Waals surface area contributed by atoms with Gasteiger partial charge < -0.3 is 14.5 Å². The van der Waals surface area contributed by atoms with Crippen LogP contribution in [-0.4, -0.2) is 26.9 Å². The zero-order valence-electron chi connectivity index (χ0n) is 13.2. The number of aromatic amines is 1. The van der Waals surface area contributed by atoms with Crippen molar-refractivity contribution in [1.29, 1.82) is 0 Å². The first-order valence-electron chi connectivity index (χ1n) is 8.28. The number of nitrogens with zero attached hydrogens (tertiary/aromatic N) is 2. The van der Waals surface area contributed by atoms with Crippen molar-refractivity contribution in [3.05, 3.63) is 60.0 Å². The minimum atomic E-state index is 0.271. The van der Waals surface area contributed by atoms with Gasteiger partial charge in [0, 0.05) is 67.0 Å². The number of H-pyrrole nitrogens is 1. The third-order valence-corrected chi connectivity index (χ3v) is 4.71. The minimum absolute atomic E-state index is 0.271. The van der Waals surface area contributed by atoms with Gasteiger partial charge in [0.25, 0.3) is 0 Å². The SMILES string of the molecule is O=C(CCCn1cccc1)N1CCc2[nH]c3ccccc3c2C1. The van der Waals surface area contributed by atoms with Crippen LogP contribution in [-0.2, 0) is 24.3 Å². The van der Waals surface area contributed by atoms with E-state index in [1.54, 1.807) is 0 Å². The average molecular weight is 307 g/mol. The molecule has 1 aromatic carbocycles. The second kappa shape index (κ2) is 5.95. The van der Waals surface area contributed by atoms with E-state index in [1.165, 1.54) is 22.2 Å². The molecular weight excluding hydrogens is 286 g/mol. The number of amides is 1. The molecule has 0 aliphatic carbocycles. The lowest BCUT2D eigenvalue weighted by molar-refractivity contribution is -0.132. The van der Waals surface area contributed by atoms with Gasteiger partial charge in [-0.25, -0.2) is 0 Å². The van der Waals surface area contributed by atoms with E-state index in [4.69, 9.17) is 0 Å². The molecule has 0 saturated heterocycles. The van der Waals surface area contributed by atoms with Crippen molar-refractivity contribution < 1.29 is 4.79 Å². The number of rotatable bonds is 4. The van der Waals surface area contributed by atoms with Crippen molar-refractivity contribution >= 4 is 16.8 Å². The highest BCUT2D eigenvalue weighted by atomic mass is 16.2. The molecule has 0 saturated carbocycles. The number of aromatic nitrogens is 2. The quantitative estimate of drug-likeness (QED) is 0.789. The number of hydrogen-bond donors (Lipinski definition) is 1. The molecule has 0 unspecified atom stereocenters. The van der Waals surface area contributed by atoms with Crippen molar-refractivity contribution in [1.82, 2.24) is 14.5 Å². The summed E-state index contributed by atoms with van der Waals surface area (Å²) < 4.78 is 2.13. The van der Waals surface area contributed by atoms with Crippen LogP contribution in [0.5, 0.6) is 0 Å². The molecule has 0 spiro atoms. The number of aryl methyl sites for hydroxylation is 1. The van der Waals surface area contributed by atoms with Crippen molar-refractivity contribution in [2.45, 2.75) is 32.4 Å². The highest BCUT2D eigenvalue weighted by Gasteiger charge is 2.23. The fourth-order valence-corrected chi connectivity index (χ4v) is 3.47. The summed E-state index contributed by atoms with van der Waals surface area (Å²) in [6, 6.07) is 12.4. The average Bonchev–Trinajstić information content (AvgIpc) is 3.21. The van der Waals surface area contributed by atoms with Gasteiger partial charge in [-0.3, -0.25) is 4.79 Å². The summed E-state index contributed by atoms with van der Waals surface area (Å²) in [5.74, 6) is 0.271. The maximum atomic E-state index is 12.5. The summed E-state index contributed by atoms with van der Waals surface area (Å²) >= 11 is 0. The summed E-state index contributed by atoms with van der Waals surface area (Å²) in [5, 5.41) is 1.26. The second-order valence-corrected chi connectivity index (χ2v) is 6.22. The van der Waals surface area contributed by atoms with Crippen molar-refractivity contribution in [2.75, 3.05) is 6.54 Å². The molecule has 1 N–H and O–H groups in total. The summed E-state index contributed by atoms with van der Waals surface area (Å²) in [6.45, 7) is 2.47. The highest BCUT2D eigenvalue weighted by molar-refractivity contribution is 5.86. The zero-order chi connectivity index (χ0) is 15.6. The van der Waals surface area contributed by atoms with Gasteiger partial charge in [0.15, 0.2) is 0 Å². The molecule has 0 radical (unpaired) electrons. The Morgan fingerprint density at radius 3 is 2.83 bits per heavy atom. The van der Waals surface area contributed by atoms with E-state index in [0.717, 1.165) is 32.5 Å². The van der Waals surface area contributed by atoms with Crippen LogP contribution >= 0.6 is 0 Å². The van der Waals surface area contributed by atoms with Crippen LogP contribution in [0.25, 0.3) is 10.9 Å². The van der Waals surface area contributed by atoms with E-state index >= 15 is 0 Å². The van der Waals surface area contributed by atoms with E-state index in [1.807, 2.05) is 29.4 Å². The first-order valence-corrected chi connectivity index (χ1v) is 8.28. The normalized spacial score (nSPS) is 14.2. The number of hydrogen-bond acceptors (Lipinski definition) is 1. The number of para-hydroxylation sites is 1. The van der Waals surface area contributed by atoms with Gasteiger partial charge in [-0.05, 0) is 24.6 Å². The van der Waals surface area contributed by atoms with E-state index < -0.39 is 0 Å². The lowest BCUT2D eigenvalue weighted by atomic mass is 10.0. The summed E-state index contributed by atoms with van der Waals surface area (Å²) in [6.07, 6.45) is 6.53. The van der Waals surface area contributed by atoms with Crippen LogP contribution < -0.4 is 0 Å². The van der Waals surface area contributed by atoms with E-state index in [0.29, 0.717) is 6.42 Å². The molecule has 2 aromatic heterocycles. The van der Waals surface area contributed by atoms with Gasteiger partial charge in [0.05, 0.1) is 0 Å². The Morgan fingerprint density at radius 2 is 1.96 bits per heavy atom. The number of fused-ring (bicyclic) bond motifs is 3. The van der Waals surface area contributed by atoms with Gasteiger partial charge in [-0.1, -0.05) is 18.2 Å². The van der Waals surface area contributed by atoms with E-state index in [9.17, 15) is 4.79 Å². The molecule has 3 heterocycles. The summed E-state index contributed by atoms with van der Waals surface area (Å²) in [4.78, 5) is 18.0. The first kappa shape index (κ1) is 14.1. The Labute approximate surface area is 135 Å². The van der Waals surface area contributed by atoms with Gasteiger partial charge >= 0.3 is 0 Å². The van der Waals surface area contributed by atoms with Crippen LogP contribution in [0.2, 0.25) is 0 Å². The molecule has 1 aliphatic rings. The largest absolute Gasteiger partial charge is 0.358 e. The van der Waals surface area contributed by atoms with Gasteiger partial charge in [-0.2, -0.15) is 0 Å². The monoisotopic (exact) mass is 307 g/mol. The molecule has 0 bridgehead atoms. The van der Waals surface area contributed by atoms with Crippen molar-refractivity contribution in [3.8, 4) is 0 Å². The molecule has 4 rings (SSSR count). The minimum Gasteiger partial charge on any atom is -0.358 e. The summed E-state index contributed by atoms with van der Waals surface area (Å²) in [5.41, 5.74) is 3.77. The number of benzene rings is 1. The molecule has 3 aromatic rings. The lowest BCUT2D eigenvalue weighted by Crippen LogP contribution is -2.35. The van der Waals surface area contributed by atoms with Gasteiger partial charge in [-0.15, -0.1) is 0 Å². The van der Waals surface area contributed by atoms with Crippen LogP contribution in [0, 0.1) is 0 Å². The standard InChI is InChI=1S/C19H21N3O/c23-19(8-5-12-21-10-3-4-11-21)22-13-9-18-16(14-22)15-6-1-2-7-17(15)20-18/h1-4,6-7,10-11,20H,5,8-9,12-14H2. The Bertz CT molecular complexity index is 816. The number of carbonyl (C=O) groups excluding carboxylic acids is 1. The van der Waals surface area contributed by atoms with Crippen LogP contribution in [0.15, 0.2) is 48.8 Å². The maximum Gasteiger partial charge on any atom is 0.222 e. The fraction of sp³-hybridized carbons (Fsp3) is 0.316. The summed E-state index contributed by atoms with van der Waals surface area (Å²) in [7, 11) is 0. The highest BCUT2D eigenvalue weighted by Crippen LogP contribution is 2.27. The number of carbonyl (C=O) groups is 1. The third-order valence-electron chi connectivity index (χ3n) is 4.71. The van der Waals surface area contributed by atoms with Crippen molar-refractivity contribution in [3.63, 3.8) is 0 Å². The van der Waals surface area contributed by atoms with Gasteiger partial charge in [0.2, 0.25) is 5.91 Å².